The Morgan fingerprint density at radius 1 is 0.848 bits per heavy atom. The topological polar surface area (TPSA) is 71.4 Å². The van der Waals surface area contributed by atoms with E-state index >= 15 is 0 Å². The molecule has 4 amide bonds. The van der Waals surface area contributed by atoms with Crippen LogP contribution < -0.4 is 10.2 Å². The van der Waals surface area contributed by atoms with Gasteiger partial charge in [-0.15, -0.1) is 0 Å². The van der Waals surface area contributed by atoms with Gasteiger partial charge in [-0.1, -0.05) is 42.5 Å². The van der Waals surface area contributed by atoms with Crippen LogP contribution in [0, 0.1) is 5.82 Å². The van der Waals surface area contributed by atoms with E-state index in [1.54, 1.807) is 6.07 Å². The van der Waals surface area contributed by atoms with Gasteiger partial charge in [-0.25, -0.2) is 14.1 Å². The summed E-state index contributed by atoms with van der Waals surface area (Å²) in [5.74, 6) is -2.05. The summed E-state index contributed by atoms with van der Waals surface area (Å²) in [6.07, 6.45) is 3.33. The fourth-order valence-electron chi connectivity index (χ4n) is 3.95. The van der Waals surface area contributed by atoms with Gasteiger partial charge in [0, 0.05) is 18.4 Å². The van der Waals surface area contributed by atoms with E-state index in [1.165, 1.54) is 18.2 Å². The van der Waals surface area contributed by atoms with Crippen molar-refractivity contribution in [2.75, 3.05) is 4.90 Å². The zero-order valence-electron chi connectivity index (χ0n) is 17.4. The van der Waals surface area contributed by atoms with Crippen molar-refractivity contribution in [3.8, 4) is 0 Å². The fourth-order valence-corrected chi connectivity index (χ4v) is 3.95. The van der Waals surface area contributed by atoms with Crippen LogP contribution in [0.25, 0.3) is 16.8 Å². The van der Waals surface area contributed by atoms with Crippen molar-refractivity contribution in [2.45, 2.75) is 6.54 Å². The van der Waals surface area contributed by atoms with Crippen LogP contribution in [0.1, 0.15) is 11.3 Å². The molecular formula is C26H18FN3O3. The van der Waals surface area contributed by atoms with E-state index in [1.807, 2.05) is 53.2 Å². The van der Waals surface area contributed by atoms with Gasteiger partial charge in [0.05, 0.1) is 5.69 Å². The zero-order valence-corrected chi connectivity index (χ0v) is 17.4. The fraction of sp³-hybridized carbons (Fsp3) is 0.0385. The quantitative estimate of drug-likeness (QED) is 0.376. The molecule has 0 radical (unpaired) electrons. The van der Waals surface area contributed by atoms with Gasteiger partial charge in [0.1, 0.15) is 11.4 Å². The third kappa shape index (κ3) is 3.80. The molecule has 0 unspecified atom stereocenters. The molecule has 1 fully saturated rings. The van der Waals surface area contributed by atoms with Crippen molar-refractivity contribution in [1.82, 2.24) is 9.88 Å². The number of imide groups is 2. The van der Waals surface area contributed by atoms with Crippen LogP contribution in [0.2, 0.25) is 0 Å². The van der Waals surface area contributed by atoms with E-state index in [9.17, 15) is 18.8 Å². The van der Waals surface area contributed by atoms with Gasteiger partial charge < -0.3 is 4.57 Å². The number of aromatic nitrogens is 1. The summed E-state index contributed by atoms with van der Waals surface area (Å²) in [6.45, 7) is 0.532. The predicted octanol–water partition coefficient (Wildman–Crippen LogP) is 4.50. The van der Waals surface area contributed by atoms with Crippen LogP contribution in [0.5, 0.6) is 0 Å². The molecule has 6 nitrogen and oxygen atoms in total. The first kappa shape index (κ1) is 20.4. The molecule has 2 heterocycles. The minimum atomic E-state index is -0.875. The lowest BCUT2D eigenvalue weighted by Crippen LogP contribution is -2.54. The van der Waals surface area contributed by atoms with Gasteiger partial charge in [-0.3, -0.25) is 14.9 Å². The maximum Gasteiger partial charge on any atom is 0.335 e. The second-order valence-electron chi connectivity index (χ2n) is 7.63. The Bertz CT molecular complexity index is 1430. The molecule has 1 saturated heterocycles. The van der Waals surface area contributed by atoms with E-state index < -0.39 is 23.7 Å². The summed E-state index contributed by atoms with van der Waals surface area (Å²) in [6, 6.07) is 21.8. The second kappa shape index (κ2) is 8.20. The number of amides is 4. The highest BCUT2D eigenvalue weighted by Gasteiger charge is 2.37. The van der Waals surface area contributed by atoms with E-state index in [2.05, 4.69) is 11.4 Å². The first-order valence-electron chi connectivity index (χ1n) is 10.3. The number of carbonyl (C=O) groups is 3. The average Bonchev–Trinajstić information content (AvgIpc) is 3.24. The van der Waals surface area contributed by atoms with Crippen LogP contribution in [-0.4, -0.2) is 22.4 Å². The van der Waals surface area contributed by atoms with Gasteiger partial charge >= 0.3 is 6.03 Å². The highest BCUT2D eigenvalue weighted by atomic mass is 19.1. The van der Waals surface area contributed by atoms with Crippen molar-refractivity contribution in [1.29, 1.82) is 0 Å². The van der Waals surface area contributed by atoms with E-state index in [0.717, 1.165) is 33.4 Å². The molecule has 0 aliphatic carbocycles. The molecule has 33 heavy (non-hydrogen) atoms. The van der Waals surface area contributed by atoms with Crippen molar-refractivity contribution in [3.05, 3.63) is 108 Å². The Labute approximate surface area is 188 Å². The second-order valence-corrected chi connectivity index (χ2v) is 7.63. The molecule has 1 aliphatic rings. The van der Waals surface area contributed by atoms with E-state index in [0.29, 0.717) is 12.2 Å². The molecular weight excluding hydrogens is 421 g/mol. The van der Waals surface area contributed by atoms with Crippen LogP contribution in [0.15, 0.2) is 90.6 Å². The summed E-state index contributed by atoms with van der Waals surface area (Å²) in [5, 5.41) is 4.42. The lowest BCUT2D eigenvalue weighted by atomic mass is 10.0. The molecule has 0 saturated carbocycles. The highest BCUT2D eigenvalue weighted by Crippen LogP contribution is 2.24. The van der Waals surface area contributed by atoms with Crippen LogP contribution in [-0.2, 0) is 16.1 Å². The van der Waals surface area contributed by atoms with Gasteiger partial charge in [-0.2, -0.15) is 0 Å². The lowest BCUT2D eigenvalue weighted by molar-refractivity contribution is -0.122. The predicted molar refractivity (Wildman–Crippen MR) is 123 cm³/mol. The van der Waals surface area contributed by atoms with Gasteiger partial charge in [0.2, 0.25) is 0 Å². The lowest BCUT2D eigenvalue weighted by Gasteiger charge is -2.26. The van der Waals surface area contributed by atoms with Gasteiger partial charge in [0.15, 0.2) is 0 Å². The molecule has 7 heteroatoms. The van der Waals surface area contributed by atoms with Crippen molar-refractivity contribution in [2.24, 2.45) is 0 Å². The Morgan fingerprint density at radius 2 is 1.61 bits per heavy atom. The number of rotatable bonds is 4. The SMILES string of the molecule is O=C1NC(=O)N(c2ccc(F)cc2)C(=O)C1=Cc1cccn1Cc1cccc2ccccc12. The Hall–Kier alpha value is -4.52. The number of hydrogen-bond acceptors (Lipinski definition) is 3. The number of anilines is 1. The highest BCUT2D eigenvalue weighted by molar-refractivity contribution is 6.39. The minimum absolute atomic E-state index is 0.170. The molecule has 3 aromatic carbocycles. The number of hydrogen-bond donors (Lipinski definition) is 1. The molecule has 4 aromatic rings. The minimum Gasteiger partial charge on any atom is -0.344 e. The largest absolute Gasteiger partial charge is 0.344 e. The molecule has 162 valence electrons. The summed E-state index contributed by atoms with van der Waals surface area (Å²) in [5.41, 5.74) is 1.71. The first-order valence-corrected chi connectivity index (χ1v) is 10.3. The smallest absolute Gasteiger partial charge is 0.335 e. The number of carbonyl (C=O) groups excluding carboxylic acids is 3. The van der Waals surface area contributed by atoms with Crippen molar-refractivity contribution >= 4 is 40.4 Å². The maximum absolute atomic E-state index is 13.3. The number of barbiturate groups is 1. The Balaban J connectivity index is 1.50. The molecule has 0 bridgehead atoms. The standard InChI is InChI=1S/C26H18FN3O3/c27-19-10-12-20(13-11-19)30-25(32)23(24(31)28-26(30)33)15-21-8-4-14-29(21)16-18-7-3-6-17-5-1-2-9-22(17)18/h1-15H,16H2,(H,28,31,33). The van der Waals surface area contributed by atoms with Crippen molar-refractivity contribution in [3.63, 3.8) is 0 Å². The maximum atomic E-state index is 13.3. The summed E-state index contributed by atoms with van der Waals surface area (Å²) >= 11 is 0. The molecule has 1 aliphatic heterocycles. The number of nitrogens with zero attached hydrogens (tertiary/aromatic N) is 2. The van der Waals surface area contributed by atoms with Crippen LogP contribution in [0.4, 0.5) is 14.9 Å². The van der Waals surface area contributed by atoms with E-state index in [4.69, 9.17) is 0 Å². The summed E-state index contributed by atoms with van der Waals surface area (Å²) in [4.78, 5) is 38.7. The normalized spacial score (nSPS) is 15.4. The summed E-state index contributed by atoms with van der Waals surface area (Å²) < 4.78 is 15.2. The van der Waals surface area contributed by atoms with Crippen LogP contribution in [0.3, 0.4) is 0 Å². The third-order valence-electron chi connectivity index (χ3n) is 5.56. The molecule has 0 atom stereocenters. The van der Waals surface area contributed by atoms with Gasteiger partial charge in [0.25, 0.3) is 11.8 Å². The molecule has 1 aromatic heterocycles. The Morgan fingerprint density at radius 3 is 2.42 bits per heavy atom. The molecule has 1 N–H and O–H groups in total. The average molecular weight is 439 g/mol. The van der Waals surface area contributed by atoms with Crippen molar-refractivity contribution < 1.29 is 18.8 Å². The van der Waals surface area contributed by atoms with Gasteiger partial charge in [-0.05, 0) is 58.8 Å². The number of nitrogens with one attached hydrogen (secondary N) is 1. The number of urea groups is 1. The van der Waals surface area contributed by atoms with E-state index in [-0.39, 0.29) is 11.3 Å². The van der Waals surface area contributed by atoms with Crippen LogP contribution >= 0.6 is 0 Å². The number of halogens is 1. The monoisotopic (exact) mass is 439 g/mol. The number of fused-ring (bicyclic) bond motifs is 1. The molecule has 5 rings (SSSR count). The Kier molecular flexibility index (Phi) is 5.06. The first-order chi connectivity index (χ1) is 16.0. The third-order valence-corrected chi connectivity index (χ3v) is 5.56. The molecule has 0 spiro atoms. The summed E-state index contributed by atoms with van der Waals surface area (Å²) in [7, 11) is 0. The zero-order chi connectivity index (χ0) is 22.9. The number of benzene rings is 3.